The van der Waals surface area contributed by atoms with Crippen molar-refractivity contribution >= 4 is 16.5 Å². The molecule has 0 fully saturated rings. The second kappa shape index (κ2) is 6.15. The lowest BCUT2D eigenvalue weighted by atomic mass is 10.2. The number of aromatic nitrogens is 3. The Morgan fingerprint density at radius 3 is 3.10 bits per heavy atom. The average Bonchev–Trinajstić information content (AvgIpc) is 3.10. The fourth-order valence-corrected chi connectivity index (χ4v) is 3.84. The minimum absolute atomic E-state index is 0.378. The maximum atomic E-state index is 4.79. The summed E-state index contributed by atoms with van der Waals surface area (Å²) >= 11 is 1.82. The van der Waals surface area contributed by atoms with Crippen LogP contribution in [0.2, 0.25) is 0 Å². The van der Waals surface area contributed by atoms with Gasteiger partial charge in [-0.3, -0.25) is 0 Å². The molecule has 0 radical (unpaired) electrons. The van der Waals surface area contributed by atoms with Crippen molar-refractivity contribution in [1.29, 1.82) is 0 Å². The van der Waals surface area contributed by atoms with Gasteiger partial charge in [-0.05, 0) is 26.8 Å². The largest absolute Gasteiger partial charge is 0.339 e. The summed E-state index contributed by atoms with van der Waals surface area (Å²) < 4.78 is 2.23. The quantitative estimate of drug-likeness (QED) is 0.922. The van der Waals surface area contributed by atoms with Gasteiger partial charge in [0.15, 0.2) is 5.13 Å². The maximum absolute atomic E-state index is 4.79. The summed E-state index contributed by atoms with van der Waals surface area (Å²) in [5.74, 6) is 1.13. The number of hydrogen-bond acceptors (Lipinski definition) is 5. The van der Waals surface area contributed by atoms with E-state index in [9.17, 15) is 0 Å². The topological polar surface area (TPSA) is 46.0 Å². The Balaban J connectivity index is 1.75. The number of rotatable bonds is 5. The highest BCUT2D eigenvalue weighted by Gasteiger charge is 2.22. The molecule has 21 heavy (non-hydrogen) atoms. The van der Waals surface area contributed by atoms with Gasteiger partial charge < -0.3 is 14.8 Å². The fourth-order valence-electron chi connectivity index (χ4n) is 2.72. The van der Waals surface area contributed by atoms with Gasteiger partial charge in [0.2, 0.25) is 0 Å². The van der Waals surface area contributed by atoms with Crippen molar-refractivity contribution in [2.24, 2.45) is 0 Å². The van der Waals surface area contributed by atoms with Gasteiger partial charge in [0.05, 0.1) is 12.2 Å². The second-order valence-electron chi connectivity index (χ2n) is 5.58. The lowest BCUT2D eigenvalue weighted by molar-refractivity contribution is 0.559. The summed E-state index contributed by atoms with van der Waals surface area (Å²) in [5, 5.41) is 4.68. The first kappa shape index (κ1) is 14.5. The molecule has 0 bridgehead atoms. The summed E-state index contributed by atoms with van der Waals surface area (Å²) in [4.78, 5) is 12.9. The molecule has 0 saturated heterocycles. The van der Waals surface area contributed by atoms with Gasteiger partial charge >= 0.3 is 0 Å². The minimum atomic E-state index is 0.378. The Labute approximate surface area is 130 Å². The standard InChI is InChI=1S/C15H23N5S/c1-4-5-16-11(2)14-12(3)18-15(21-14)20-9-8-19-7-6-17-13(19)10-20/h6-7,11,16H,4-5,8-10H2,1-3H3. The molecule has 6 heteroatoms. The van der Waals surface area contributed by atoms with Crippen LogP contribution in [-0.2, 0) is 13.1 Å². The minimum Gasteiger partial charge on any atom is -0.339 e. The van der Waals surface area contributed by atoms with E-state index in [0.29, 0.717) is 6.04 Å². The van der Waals surface area contributed by atoms with Gasteiger partial charge in [-0.15, -0.1) is 0 Å². The molecule has 0 saturated carbocycles. The molecule has 0 aliphatic carbocycles. The van der Waals surface area contributed by atoms with E-state index in [4.69, 9.17) is 4.98 Å². The summed E-state index contributed by atoms with van der Waals surface area (Å²) in [7, 11) is 0. The highest BCUT2D eigenvalue weighted by Crippen LogP contribution is 2.32. The number of nitrogens with zero attached hydrogens (tertiary/aromatic N) is 4. The van der Waals surface area contributed by atoms with Crippen LogP contribution in [0.4, 0.5) is 5.13 Å². The van der Waals surface area contributed by atoms with E-state index < -0.39 is 0 Å². The normalized spacial score (nSPS) is 16.0. The van der Waals surface area contributed by atoms with Crippen LogP contribution in [0.3, 0.4) is 0 Å². The van der Waals surface area contributed by atoms with Gasteiger partial charge in [0.1, 0.15) is 5.82 Å². The Hall–Kier alpha value is -1.40. The van der Waals surface area contributed by atoms with Gasteiger partial charge in [-0.2, -0.15) is 0 Å². The van der Waals surface area contributed by atoms with E-state index >= 15 is 0 Å². The smallest absolute Gasteiger partial charge is 0.186 e. The molecule has 114 valence electrons. The lowest BCUT2D eigenvalue weighted by Gasteiger charge is -2.27. The van der Waals surface area contributed by atoms with Crippen molar-refractivity contribution < 1.29 is 0 Å². The number of nitrogens with one attached hydrogen (secondary N) is 1. The van der Waals surface area contributed by atoms with E-state index in [2.05, 4.69) is 46.7 Å². The van der Waals surface area contributed by atoms with Crippen molar-refractivity contribution in [3.8, 4) is 0 Å². The van der Waals surface area contributed by atoms with Crippen molar-refractivity contribution in [2.45, 2.75) is 46.3 Å². The number of aryl methyl sites for hydroxylation is 1. The molecule has 5 nitrogen and oxygen atoms in total. The molecule has 0 aromatic carbocycles. The van der Waals surface area contributed by atoms with Crippen molar-refractivity contribution in [3.63, 3.8) is 0 Å². The number of anilines is 1. The molecule has 3 rings (SSSR count). The molecule has 3 heterocycles. The average molecular weight is 305 g/mol. The first-order valence-electron chi connectivity index (χ1n) is 7.64. The van der Waals surface area contributed by atoms with Crippen molar-refractivity contribution in [2.75, 3.05) is 18.0 Å². The number of imidazole rings is 1. The van der Waals surface area contributed by atoms with Crippen molar-refractivity contribution in [3.05, 3.63) is 28.8 Å². The van der Waals surface area contributed by atoms with Crippen LogP contribution in [0.25, 0.3) is 0 Å². The lowest BCUT2D eigenvalue weighted by Crippen LogP contribution is -2.33. The van der Waals surface area contributed by atoms with E-state index in [1.807, 2.05) is 17.5 Å². The van der Waals surface area contributed by atoms with Crippen LogP contribution in [0.1, 0.15) is 42.7 Å². The first-order chi connectivity index (χ1) is 10.2. The van der Waals surface area contributed by atoms with Gasteiger partial charge in [-0.25, -0.2) is 9.97 Å². The van der Waals surface area contributed by atoms with E-state index in [0.717, 1.165) is 49.2 Å². The molecule has 2 aromatic heterocycles. The molecule has 2 aromatic rings. The number of fused-ring (bicyclic) bond motifs is 1. The molecule has 1 unspecified atom stereocenters. The second-order valence-corrected chi connectivity index (χ2v) is 6.59. The van der Waals surface area contributed by atoms with E-state index in [1.54, 1.807) is 0 Å². The molecule has 1 atom stereocenters. The van der Waals surface area contributed by atoms with Gasteiger partial charge in [0.25, 0.3) is 0 Å². The van der Waals surface area contributed by atoms with Gasteiger partial charge in [-0.1, -0.05) is 18.3 Å². The van der Waals surface area contributed by atoms with Crippen LogP contribution in [0.15, 0.2) is 12.4 Å². The van der Waals surface area contributed by atoms with Crippen LogP contribution in [0, 0.1) is 6.92 Å². The van der Waals surface area contributed by atoms with Crippen LogP contribution in [-0.4, -0.2) is 27.6 Å². The fraction of sp³-hybridized carbons (Fsp3) is 0.600. The molecular weight excluding hydrogens is 282 g/mol. The number of hydrogen-bond donors (Lipinski definition) is 1. The third-order valence-electron chi connectivity index (χ3n) is 3.93. The highest BCUT2D eigenvalue weighted by atomic mass is 32.1. The molecule has 1 aliphatic rings. The van der Waals surface area contributed by atoms with Crippen LogP contribution >= 0.6 is 11.3 Å². The van der Waals surface area contributed by atoms with E-state index in [-0.39, 0.29) is 0 Å². The monoisotopic (exact) mass is 305 g/mol. The zero-order valence-corrected chi connectivity index (χ0v) is 13.8. The Kier molecular flexibility index (Phi) is 4.26. The predicted molar refractivity (Wildman–Crippen MR) is 86.8 cm³/mol. The zero-order valence-electron chi connectivity index (χ0n) is 13.0. The molecule has 0 amide bonds. The molecule has 1 N–H and O–H groups in total. The molecular formula is C15H23N5S. The third kappa shape index (κ3) is 2.96. The van der Waals surface area contributed by atoms with Crippen LogP contribution < -0.4 is 10.2 Å². The first-order valence-corrected chi connectivity index (χ1v) is 8.46. The predicted octanol–water partition coefficient (Wildman–Crippen LogP) is 2.73. The Morgan fingerprint density at radius 2 is 2.29 bits per heavy atom. The maximum Gasteiger partial charge on any atom is 0.186 e. The third-order valence-corrected chi connectivity index (χ3v) is 5.33. The Morgan fingerprint density at radius 1 is 1.43 bits per heavy atom. The van der Waals surface area contributed by atoms with Gasteiger partial charge in [0, 0.05) is 36.4 Å². The number of thiazole rings is 1. The molecule has 0 spiro atoms. The summed E-state index contributed by atoms with van der Waals surface area (Å²) in [6.07, 6.45) is 5.10. The highest BCUT2D eigenvalue weighted by molar-refractivity contribution is 7.15. The van der Waals surface area contributed by atoms with E-state index in [1.165, 1.54) is 4.88 Å². The SMILES string of the molecule is CCCNC(C)c1sc(N2CCn3ccnc3C2)nc1C. The summed E-state index contributed by atoms with van der Waals surface area (Å²) in [6.45, 7) is 10.4. The van der Waals surface area contributed by atoms with Crippen LogP contribution in [0.5, 0.6) is 0 Å². The Bertz CT molecular complexity index is 603. The summed E-state index contributed by atoms with van der Waals surface area (Å²) in [6, 6.07) is 0.378. The molecule has 1 aliphatic heterocycles. The zero-order chi connectivity index (χ0) is 14.8. The summed E-state index contributed by atoms with van der Waals surface area (Å²) in [5.41, 5.74) is 1.15. The van der Waals surface area contributed by atoms with Crippen molar-refractivity contribution in [1.82, 2.24) is 19.9 Å².